The summed E-state index contributed by atoms with van der Waals surface area (Å²) in [4.78, 5) is 12.0. The van der Waals surface area contributed by atoms with Crippen molar-refractivity contribution in [3.63, 3.8) is 0 Å². The molecule has 1 saturated heterocycles. The number of nitrogens with one attached hydrogen (secondary N) is 2. The summed E-state index contributed by atoms with van der Waals surface area (Å²) in [5, 5.41) is 25.5. The van der Waals surface area contributed by atoms with E-state index in [1.807, 2.05) is 13.8 Å². The highest BCUT2D eigenvalue weighted by Crippen LogP contribution is 2.38. The minimum atomic E-state index is -0.820. The molecule has 0 aromatic heterocycles. The molecule has 6 heteroatoms. The summed E-state index contributed by atoms with van der Waals surface area (Å²) < 4.78 is 5.31. The fourth-order valence-electron chi connectivity index (χ4n) is 2.78. The SMILES string of the molecule is CC(C)(CNC(=O)CNc1ccc(C#N)cc1)C1(O)CCOCC1. The predicted octanol–water partition coefficient (Wildman–Crippen LogP) is 1.65. The van der Waals surface area contributed by atoms with Gasteiger partial charge >= 0.3 is 0 Å². The quantitative estimate of drug-likeness (QED) is 0.737. The van der Waals surface area contributed by atoms with Gasteiger partial charge in [-0.2, -0.15) is 5.26 Å². The molecule has 0 spiro atoms. The van der Waals surface area contributed by atoms with E-state index in [2.05, 4.69) is 16.7 Å². The standard InChI is InChI=1S/C18H25N3O3/c1-17(2,18(23)7-9-24-10-8-18)13-21-16(22)12-20-15-5-3-14(11-19)4-6-15/h3-6,20,23H,7-10,12-13H2,1-2H3,(H,21,22). The molecule has 1 aromatic rings. The number of hydrogen-bond donors (Lipinski definition) is 3. The first-order valence-corrected chi connectivity index (χ1v) is 8.17. The zero-order valence-electron chi connectivity index (χ0n) is 14.3. The van der Waals surface area contributed by atoms with Crippen molar-refractivity contribution in [2.75, 3.05) is 31.6 Å². The summed E-state index contributed by atoms with van der Waals surface area (Å²) in [5.74, 6) is -0.136. The summed E-state index contributed by atoms with van der Waals surface area (Å²) in [6.07, 6.45) is 1.17. The zero-order valence-corrected chi connectivity index (χ0v) is 14.3. The highest BCUT2D eigenvalue weighted by Gasteiger charge is 2.44. The highest BCUT2D eigenvalue weighted by atomic mass is 16.5. The number of rotatable bonds is 6. The molecule has 0 aliphatic carbocycles. The summed E-state index contributed by atoms with van der Waals surface area (Å²) >= 11 is 0. The van der Waals surface area contributed by atoms with Crippen LogP contribution < -0.4 is 10.6 Å². The number of hydrogen-bond acceptors (Lipinski definition) is 5. The molecule has 0 unspecified atom stereocenters. The summed E-state index contributed by atoms with van der Waals surface area (Å²) in [6, 6.07) is 8.98. The molecule has 130 valence electrons. The molecule has 2 rings (SSSR count). The van der Waals surface area contributed by atoms with Gasteiger partial charge in [0.25, 0.3) is 0 Å². The molecule has 1 amide bonds. The molecule has 0 atom stereocenters. The lowest BCUT2D eigenvalue weighted by Crippen LogP contribution is -2.54. The molecular weight excluding hydrogens is 306 g/mol. The van der Waals surface area contributed by atoms with Gasteiger partial charge in [0.2, 0.25) is 5.91 Å². The van der Waals surface area contributed by atoms with Gasteiger partial charge in [0, 0.05) is 43.7 Å². The van der Waals surface area contributed by atoms with E-state index in [4.69, 9.17) is 10.00 Å². The van der Waals surface area contributed by atoms with Gasteiger partial charge < -0.3 is 20.5 Å². The van der Waals surface area contributed by atoms with Crippen LogP contribution in [-0.2, 0) is 9.53 Å². The Labute approximate surface area is 142 Å². The first-order valence-electron chi connectivity index (χ1n) is 8.17. The van der Waals surface area contributed by atoms with Gasteiger partial charge in [-0.05, 0) is 24.3 Å². The molecule has 1 aliphatic heterocycles. The third kappa shape index (κ3) is 4.47. The van der Waals surface area contributed by atoms with E-state index in [-0.39, 0.29) is 12.5 Å². The molecule has 0 saturated carbocycles. The first kappa shape index (κ1) is 18.2. The fraction of sp³-hybridized carbons (Fsp3) is 0.556. The van der Waals surface area contributed by atoms with E-state index in [1.165, 1.54) is 0 Å². The van der Waals surface area contributed by atoms with Crippen LogP contribution in [0.4, 0.5) is 5.69 Å². The van der Waals surface area contributed by atoms with Gasteiger partial charge in [0.05, 0.1) is 23.8 Å². The lowest BCUT2D eigenvalue weighted by atomic mass is 9.70. The third-order valence-corrected chi connectivity index (χ3v) is 4.77. The Kier molecular flexibility index (Phi) is 5.81. The topological polar surface area (TPSA) is 94.4 Å². The maximum absolute atomic E-state index is 12.0. The molecule has 0 radical (unpaired) electrons. The van der Waals surface area contributed by atoms with Crippen LogP contribution in [0.5, 0.6) is 0 Å². The number of carbonyl (C=O) groups excluding carboxylic acids is 1. The molecule has 1 aromatic carbocycles. The summed E-state index contributed by atoms with van der Waals surface area (Å²) in [5.41, 5.74) is 0.114. The Balaban J connectivity index is 1.80. The third-order valence-electron chi connectivity index (χ3n) is 4.77. The number of anilines is 1. The first-order chi connectivity index (χ1) is 11.4. The Morgan fingerprint density at radius 2 is 1.96 bits per heavy atom. The van der Waals surface area contributed by atoms with Crippen LogP contribution in [-0.4, -0.2) is 42.9 Å². The van der Waals surface area contributed by atoms with Crippen LogP contribution in [0.25, 0.3) is 0 Å². The van der Waals surface area contributed by atoms with Crippen molar-refractivity contribution >= 4 is 11.6 Å². The Hall–Kier alpha value is -2.10. The molecule has 1 heterocycles. The minimum Gasteiger partial charge on any atom is -0.389 e. The maximum Gasteiger partial charge on any atom is 0.239 e. The number of ether oxygens (including phenoxy) is 1. The second-order valence-electron chi connectivity index (χ2n) is 6.85. The number of aliphatic hydroxyl groups is 1. The minimum absolute atomic E-state index is 0.136. The largest absolute Gasteiger partial charge is 0.389 e. The number of benzene rings is 1. The van der Waals surface area contributed by atoms with Crippen LogP contribution in [0.15, 0.2) is 24.3 Å². The average Bonchev–Trinajstić information content (AvgIpc) is 2.59. The summed E-state index contributed by atoms with van der Waals surface area (Å²) in [7, 11) is 0. The maximum atomic E-state index is 12.0. The van der Waals surface area contributed by atoms with Crippen molar-refractivity contribution in [1.29, 1.82) is 5.26 Å². The van der Waals surface area contributed by atoms with Gasteiger partial charge in [0.15, 0.2) is 0 Å². The fourth-order valence-corrected chi connectivity index (χ4v) is 2.78. The van der Waals surface area contributed by atoms with Crippen LogP contribution in [0, 0.1) is 16.7 Å². The van der Waals surface area contributed by atoms with Crippen molar-refractivity contribution in [3.05, 3.63) is 29.8 Å². The Bertz CT molecular complexity index is 599. The zero-order chi connectivity index (χ0) is 17.6. The number of nitrogens with zero attached hydrogens (tertiary/aromatic N) is 1. The van der Waals surface area contributed by atoms with Crippen molar-refractivity contribution in [2.45, 2.75) is 32.3 Å². The van der Waals surface area contributed by atoms with Crippen LogP contribution in [0.3, 0.4) is 0 Å². The molecule has 1 fully saturated rings. The van der Waals surface area contributed by atoms with Crippen LogP contribution in [0.2, 0.25) is 0 Å². The van der Waals surface area contributed by atoms with E-state index < -0.39 is 11.0 Å². The Morgan fingerprint density at radius 3 is 2.54 bits per heavy atom. The number of amides is 1. The smallest absolute Gasteiger partial charge is 0.239 e. The molecule has 3 N–H and O–H groups in total. The van der Waals surface area contributed by atoms with Gasteiger partial charge in [-0.25, -0.2) is 0 Å². The summed E-state index contributed by atoms with van der Waals surface area (Å²) in [6.45, 7) is 5.57. The van der Waals surface area contributed by atoms with E-state index in [0.717, 1.165) is 5.69 Å². The van der Waals surface area contributed by atoms with Crippen molar-refractivity contribution in [1.82, 2.24) is 5.32 Å². The monoisotopic (exact) mass is 331 g/mol. The van der Waals surface area contributed by atoms with Crippen molar-refractivity contribution in [2.24, 2.45) is 5.41 Å². The van der Waals surface area contributed by atoms with E-state index >= 15 is 0 Å². The highest BCUT2D eigenvalue weighted by molar-refractivity contribution is 5.80. The molecular formula is C18H25N3O3. The van der Waals surface area contributed by atoms with Crippen molar-refractivity contribution < 1.29 is 14.6 Å². The van der Waals surface area contributed by atoms with E-state index in [0.29, 0.717) is 38.2 Å². The Morgan fingerprint density at radius 1 is 1.33 bits per heavy atom. The molecule has 24 heavy (non-hydrogen) atoms. The van der Waals surface area contributed by atoms with Crippen molar-refractivity contribution in [3.8, 4) is 6.07 Å². The predicted molar refractivity (Wildman–Crippen MR) is 91.4 cm³/mol. The lowest BCUT2D eigenvalue weighted by molar-refractivity contribution is -0.135. The van der Waals surface area contributed by atoms with Gasteiger partial charge in [-0.15, -0.1) is 0 Å². The second kappa shape index (κ2) is 7.65. The number of nitriles is 1. The lowest BCUT2D eigenvalue weighted by Gasteiger charge is -2.45. The van der Waals surface area contributed by atoms with Gasteiger partial charge in [-0.3, -0.25) is 4.79 Å². The van der Waals surface area contributed by atoms with Crippen LogP contribution in [0.1, 0.15) is 32.3 Å². The van der Waals surface area contributed by atoms with E-state index in [1.54, 1.807) is 24.3 Å². The molecule has 0 bridgehead atoms. The van der Waals surface area contributed by atoms with E-state index in [9.17, 15) is 9.90 Å². The van der Waals surface area contributed by atoms with Gasteiger partial charge in [-0.1, -0.05) is 13.8 Å². The normalized spacial score (nSPS) is 16.9. The van der Waals surface area contributed by atoms with Gasteiger partial charge in [0.1, 0.15) is 0 Å². The van der Waals surface area contributed by atoms with Crippen LogP contribution >= 0.6 is 0 Å². The molecule has 1 aliphatic rings. The number of carbonyl (C=O) groups is 1. The molecule has 6 nitrogen and oxygen atoms in total. The second-order valence-corrected chi connectivity index (χ2v) is 6.85. The average molecular weight is 331 g/mol.